The van der Waals surface area contributed by atoms with Crippen molar-refractivity contribution < 1.29 is 4.79 Å². The SMILES string of the molecule is Cn1c(N2CCCC(C(=O)Nc3cccc(C#N)c3)C2)cc(=O)n(C)c1=O. The van der Waals surface area contributed by atoms with Gasteiger partial charge in [0.15, 0.2) is 0 Å². The standard InChI is InChI=1S/C19H21N5O3/c1-22-16(10-17(25)23(2)19(22)27)24-8-4-6-14(12-24)18(26)21-15-7-3-5-13(9-15)11-20/h3,5,7,9-10,14H,4,6,8,12H2,1-2H3,(H,21,26). The van der Waals surface area contributed by atoms with Gasteiger partial charge in [-0.3, -0.25) is 18.7 Å². The minimum absolute atomic E-state index is 0.136. The fraction of sp³-hybridized carbons (Fsp3) is 0.368. The third-order valence-corrected chi connectivity index (χ3v) is 4.88. The van der Waals surface area contributed by atoms with Gasteiger partial charge in [-0.15, -0.1) is 0 Å². The second kappa shape index (κ2) is 7.50. The summed E-state index contributed by atoms with van der Waals surface area (Å²) in [7, 11) is 3.06. The summed E-state index contributed by atoms with van der Waals surface area (Å²) in [5.74, 6) is 0.111. The second-order valence-corrected chi connectivity index (χ2v) is 6.71. The molecule has 0 spiro atoms. The van der Waals surface area contributed by atoms with E-state index in [-0.39, 0.29) is 17.4 Å². The molecule has 1 amide bonds. The first kappa shape index (κ1) is 18.5. The van der Waals surface area contributed by atoms with Gasteiger partial charge in [0, 0.05) is 38.9 Å². The fourth-order valence-electron chi connectivity index (χ4n) is 3.33. The van der Waals surface area contributed by atoms with Crippen LogP contribution in [-0.2, 0) is 18.9 Å². The number of aromatic nitrogens is 2. The number of nitriles is 1. The van der Waals surface area contributed by atoms with E-state index in [1.807, 2.05) is 11.0 Å². The molecular weight excluding hydrogens is 346 g/mol. The van der Waals surface area contributed by atoms with Crippen LogP contribution in [0.2, 0.25) is 0 Å². The number of rotatable bonds is 3. The van der Waals surface area contributed by atoms with Crippen molar-refractivity contribution in [1.82, 2.24) is 9.13 Å². The number of carbonyl (C=O) groups is 1. The molecule has 2 heterocycles. The number of carbonyl (C=O) groups excluding carboxylic acids is 1. The summed E-state index contributed by atoms with van der Waals surface area (Å²) in [6.07, 6.45) is 1.50. The lowest BCUT2D eigenvalue weighted by molar-refractivity contribution is -0.120. The summed E-state index contributed by atoms with van der Waals surface area (Å²) in [5, 5.41) is 11.8. The van der Waals surface area contributed by atoms with E-state index in [0.29, 0.717) is 30.2 Å². The number of nitrogens with one attached hydrogen (secondary N) is 1. The molecule has 0 aliphatic carbocycles. The number of hydrogen-bond donors (Lipinski definition) is 1. The molecule has 2 aromatic rings. The molecule has 1 atom stereocenters. The van der Waals surface area contributed by atoms with E-state index in [2.05, 4.69) is 5.32 Å². The van der Waals surface area contributed by atoms with Crippen LogP contribution < -0.4 is 21.5 Å². The molecule has 0 bridgehead atoms. The molecule has 27 heavy (non-hydrogen) atoms. The Bertz CT molecular complexity index is 1030. The molecule has 1 N–H and O–H groups in total. The maximum atomic E-state index is 12.7. The molecule has 1 aromatic carbocycles. The van der Waals surface area contributed by atoms with E-state index in [1.165, 1.54) is 17.7 Å². The molecule has 1 unspecified atom stereocenters. The van der Waals surface area contributed by atoms with Crippen molar-refractivity contribution in [2.45, 2.75) is 12.8 Å². The van der Waals surface area contributed by atoms with Crippen LogP contribution in [0.1, 0.15) is 18.4 Å². The van der Waals surface area contributed by atoms with Gasteiger partial charge in [0.1, 0.15) is 5.82 Å². The van der Waals surface area contributed by atoms with Crippen LogP contribution in [0.25, 0.3) is 0 Å². The molecule has 8 heteroatoms. The highest BCUT2D eigenvalue weighted by atomic mass is 16.2. The first-order valence-corrected chi connectivity index (χ1v) is 8.73. The minimum Gasteiger partial charge on any atom is -0.357 e. The number of amides is 1. The zero-order valence-electron chi connectivity index (χ0n) is 15.3. The molecule has 1 fully saturated rings. The molecule has 1 saturated heterocycles. The zero-order chi connectivity index (χ0) is 19.6. The highest BCUT2D eigenvalue weighted by Crippen LogP contribution is 2.23. The number of nitrogens with zero attached hydrogens (tertiary/aromatic N) is 4. The number of piperidine rings is 1. The molecule has 3 rings (SSSR count). The van der Waals surface area contributed by atoms with Crippen LogP contribution in [0.15, 0.2) is 39.9 Å². The third kappa shape index (κ3) is 3.77. The van der Waals surface area contributed by atoms with E-state index < -0.39 is 5.69 Å². The van der Waals surface area contributed by atoms with Crippen LogP contribution in [0.5, 0.6) is 0 Å². The summed E-state index contributed by atoms with van der Waals surface area (Å²) in [5.41, 5.74) is 0.302. The van der Waals surface area contributed by atoms with Gasteiger partial charge in [-0.2, -0.15) is 5.26 Å². The van der Waals surface area contributed by atoms with E-state index in [9.17, 15) is 14.4 Å². The maximum Gasteiger partial charge on any atom is 0.332 e. The van der Waals surface area contributed by atoms with Gasteiger partial charge < -0.3 is 10.2 Å². The first-order valence-electron chi connectivity index (χ1n) is 8.73. The average Bonchev–Trinajstić information content (AvgIpc) is 2.69. The van der Waals surface area contributed by atoms with Crippen LogP contribution in [0.3, 0.4) is 0 Å². The predicted octanol–water partition coefficient (Wildman–Crippen LogP) is 0.811. The normalized spacial score (nSPS) is 16.6. The third-order valence-electron chi connectivity index (χ3n) is 4.88. The summed E-state index contributed by atoms with van der Waals surface area (Å²) < 4.78 is 2.48. The Morgan fingerprint density at radius 2 is 2.00 bits per heavy atom. The molecule has 1 aliphatic rings. The van der Waals surface area contributed by atoms with Crippen LogP contribution in [0, 0.1) is 17.2 Å². The first-order chi connectivity index (χ1) is 12.9. The Morgan fingerprint density at radius 1 is 1.22 bits per heavy atom. The zero-order valence-corrected chi connectivity index (χ0v) is 15.3. The molecule has 140 valence electrons. The second-order valence-electron chi connectivity index (χ2n) is 6.71. The van der Waals surface area contributed by atoms with E-state index in [4.69, 9.17) is 5.26 Å². The number of benzene rings is 1. The predicted molar refractivity (Wildman–Crippen MR) is 102 cm³/mol. The van der Waals surface area contributed by atoms with Crippen LogP contribution in [-0.4, -0.2) is 28.1 Å². The Balaban J connectivity index is 1.78. The van der Waals surface area contributed by atoms with Gasteiger partial charge >= 0.3 is 5.69 Å². The van der Waals surface area contributed by atoms with Crippen molar-refractivity contribution in [2.24, 2.45) is 20.0 Å². The van der Waals surface area contributed by atoms with E-state index >= 15 is 0 Å². The molecular formula is C19H21N5O3. The van der Waals surface area contributed by atoms with Crippen molar-refractivity contribution in [3.8, 4) is 6.07 Å². The van der Waals surface area contributed by atoms with E-state index in [0.717, 1.165) is 17.4 Å². The highest BCUT2D eigenvalue weighted by molar-refractivity contribution is 5.93. The quantitative estimate of drug-likeness (QED) is 0.865. The summed E-state index contributed by atoms with van der Waals surface area (Å²) in [6, 6.07) is 10.2. The largest absolute Gasteiger partial charge is 0.357 e. The Morgan fingerprint density at radius 3 is 2.74 bits per heavy atom. The molecule has 1 aliphatic heterocycles. The Kier molecular flexibility index (Phi) is 5.12. The lowest BCUT2D eigenvalue weighted by Crippen LogP contribution is -2.45. The topological polar surface area (TPSA) is 100 Å². The molecule has 0 radical (unpaired) electrons. The van der Waals surface area contributed by atoms with Crippen molar-refractivity contribution >= 4 is 17.4 Å². The Hall–Kier alpha value is -3.34. The van der Waals surface area contributed by atoms with Crippen molar-refractivity contribution in [3.63, 3.8) is 0 Å². The number of hydrogen-bond acceptors (Lipinski definition) is 5. The fourth-order valence-corrected chi connectivity index (χ4v) is 3.33. The minimum atomic E-state index is -0.391. The lowest BCUT2D eigenvalue weighted by atomic mass is 9.97. The number of anilines is 2. The van der Waals surface area contributed by atoms with Crippen molar-refractivity contribution in [1.29, 1.82) is 5.26 Å². The summed E-state index contributed by atoms with van der Waals surface area (Å²) >= 11 is 0. The highest BCUT2D eigenvalue weighted by Gasteiger charge is 2.27. The van der Waals surface area contributed by atoms with E-state index in [1.54, 1.807) is 31.3 Å². The van der Waals surface area contributed by atoms with Gasteiger partial charge in [0.05, 0.1) is 17.6 Å². The lowest BCUT2D eigenvalue weighted by Gasteiger charge is -2.34. The monoisotopic (exact) mass is 367 g/mol. The molecule has 8 nitrogen and oxygen atoms in total. The Labute approximate surface area is 156 Å². The summed E-state index contributed by atoms with van der Waals surface area (Å²) in [4.78, 5) is 38.7. The molecule has 0 saturated carbocycles. The average molecular weight is 367 g/mol. The van der Waals surface area contributed by atoms with Crippen molar-refractivity contribution in [2.75, 3.05) is 23.3 Å². The van der Waals surface area contributed by atoms with Gasteiger partial charge in [-0.25, -0.2) is 4.79 Å². The van der Waals surface area contributed by atoms with Gasteiger partial charge in [-0.05, 0) is 31.0 Å². The van der Waals surface area contributed by atoms with Gasteiger partial charge in [0.2, 0.25) is 5.91 Å². The van der Waals surface area contributed by atoms with Crippen molar-refractivity contribution in [3.05, 3.63) is 56.7 Å². The van der Waals surface area contributed by atoms with Crippen LogP contribution in [0.4, 0.5) is 11.5 Å². The molecule has 1 aromatic heterocycles. The summed E-state index contributed by atoms with van der Waals surface area (Å²) in [6.45, 7) is 1.10. The smallest absolute Gasteiger partial charge is 0.332 e. The van der Waals surface area contributed by atoms with Crippen LogP contribution >= 0.6 is 0 Å². The maximum absolute atomic E-state index is 12.7. The van der Waals surface area contributed by atoms with Gasteiger partial charge in [0.25, 0.3) is 5.56 Å². The van der Waals surface area contributed by atoms with Gasteiger partial charge in [-0.1, -0.05) is 6.07 Å².